The molecule has 0 atom stereocenters. The van der Waals surface area contributed by atoms with E-state index in [1.165, 1.54) is 37.5 Å². The highest BCUT2D eigenvalue weighted by Gasteiger charge is 2.30. The van der Waals surface area contributed by atoms with E-state index < -0.39 is 0 Å². The van der Waals surface area contributed by atoms with Crippen LogP contribution >= 0.6 is 22.9 Å². The molecule has 0 saturated carbocycles. The summed E-state index contributed by atoms with van der Waals surface area (Å²) in [4.78, 5) is 5.01. The van der Waals surface area contributed by atoms with Crippen molar-refractivity contribution in [3.63, 3.8) is 0 Å². The molecule has 19 heavy (non-hydrogen) atoms. The standard InChI is InChI=1S/C12H15N5S2/c1-4-16-5-2-9(1)17(7-6-16)12-14-13-11(19-12)10-3-8-18-15-10/h3,8-9H,1-2,4-7H2. The minimum atomic E-state index is 0.648. The molecule has 2 aromatic heterocycles. The zero-order valence-corrected chi connectivity index (χ0v) is 12.2. The highest BCUT2D eigenvalue weighted by Crippen LogP contribution is 2.32. The van der Waals surface area contributed by atoms with Crippen LogP contribution in [0.5, 0.6) is 0 Å². The third-order valence-corrected chi connectivity index (χ3v) is 5.51. The lowest BCUT2D eigenvalue weighted by Crippen LogP contribution is -2.37. The first-order chi connectivity index (χ1) is 9.40. The fraction of sp³-hybridized carbons (Fsp3) is 0.583. The molecule has 100 valence electrons. The number of nitrogens with zero attached hydrogens (tertiary/aromatic N) is 5. The lowest BCUT2D eigenvalue weighted by molar-refractivity contribution is 0.250. The normalized spacial score (nSPS) is 26.6. The van der Waals surface area contributed by atoms with Gasteiger partial charge >= 0.3 is 0 Å². The van der Waals surface area contributed by atoms with Crippen molar-refractivity contribution in [1.82, 2.24) is 19.5 Å². The summed E-state index contributed by atoms with van der Waals surface area (Å²) in [6.07, 6.45) is 2.51. The minimum absolute atomic E-state index is 0.648. The highest BCUT2D eigenvalue weighted by molar-refractivity contribution is 7.18. The van der Waals surface area contributed by atoms with Gasteiger partial charge in [0.05, 0.1) is 0 Å². The maximum atomic E-state index is 4.39. The molecule has 0 aromatic carbocycles. The van der Waals surface area contributed by atoms with E-state index in [1.807, 2.05) is 11.4 Å². The quantitative estimate of drug-likeness (QED) is 0.847. The van der Waals surface area contributed by atoms with Crippen molar-refractivity contribution in [3.8, 4) is 10.7 Å². The van der Waals surface area contributed by atoms with Crippen LogP contribution in [0.2, 0.25) is 0 Å². The Hall–Kier alpha value is -1.05. The number of fused-ring (bicyclic) bond motifs is 4. The largest absolute Gasteiger partial charge is 0.342 e. The van der Waals surface area contributed by atoms with Gasteiger partial charge in [0.1, 0.15) is 5.69 Å². The number of anilines is 1. The molecular weight excluding hydrogens is 278 g/mol. The zero-order valence-electron chi connectivity index (χ0n) is 10.5. The second-order valence-electron chi connectivity index (χ2n) is 5.04. The predicted molar refractivity (Wildman–Crippen MR) is 77.8 cm³/mol. The van der Waals surface area contributed by atoms with E-state index in [9.17, 15) is 0 Å². The Morgan fingerprint density at radius 1 is 1.11 bits per heavy atom. The van der Waals surface area contributed by atoms with Gasteiger partial charge in [-0.15, -0.1) is 10.2 Å². The fourth-order valence-corrected chi connectivity index (χ4v) is 4.38. The molecule has 3 aliphatic heterocycles. The summed E-state index contributed by atoms with van der Waals surface area (Å²) in [7, 11) is 0. The van der Waals surface area contributed by atoms with Crippen LogP contribution in [0.4, 0.5) is 5.13 Å². The van der Waals surface area contributed by atoms with Crippen molar-refractivity contribution >= 4 is 28.0 Å². The van der Waals surface area contributed by atoms with Crippen LogP contribution in [-0.4, -0.2) is 51.7 Å². The SMILES string of the molecule is c1cc(-c2nnc(N3CCN4CCC3CC4)s2)ns1. The Morgan fingerprint density at radius 2 is 2.00 bits per heavy atom. The summed E-state index contributed by atoms with van der Waals surface area (Å²) >= 11 is 3.14. The van der Waals surface area contributed by atoms with Crippen molar-refractivity contribution in [2.24, 2.45) is 0 Å². The van der Waals surface area contributed by atoms with Crippen LogP contribution in [0.1, 0.15) is 12.8 Å². The predicted octanol–water partition coefficient (Wildman–Crippen LogP) is 1.95. The molecular formula is C12H15N5S2. The van der Waals surface area contributed by atoms with Crippen LogP contribution in [-0.2, 0) is 0 Å². The van der Waals surface area contributed by atoms with E-state index in [0.29, 0.717) is 6.04 Å². The lowest BCUT2D eigenvalue weighted by atomic mass is 10.1. The van der Waals surface area contributed by atoms with E-state index in [-0.39, 0.29) is 0 Å². The van der Waals surface area contributed by atoms with Crippen LogP contribution in [0.3, 0.4) is 0 Å². The van der Waals surface area contributed by atoms with E-state index in [4.69, 9.17) is 0 Å². The van der Waals surface area contributed by atoms with E-state index >= 15 is 0 Å². The van der Waals surface area contributed by atoms with Gasteiger partial charge in [-0.05, 0) is 30.4 Å². The summed E-state index contributed by atoms with van der Waals surface area (Å²) < 4.78 is 4.33. The summed E-state index contributed by atoms with van der Waals surface area (Å²) in [5, 5.41) is 12.7. The van der Waals surface area contributed by atoms with Gasteiger partial charge in [-0.1, -0.05) is 11.3 Å². The Labute approximate surface area is 120 Å². The fourth-order valence-electron chi connectivity index (χ4n) is 2.90. The van der Waals surface area contributed by atoms with Crippen molar-refractivity contribution in [2.75, 3.05) is 31.1 Å². The van der Waals surface area contributed by atoms with Crippen molar-refractivity contribution in [3.05, 3.63) is 11.4 Å². The summed E-state index contributed by atoms with van der Waals surface area (Å²) in [6.45, 7) is 4.70. The number of hydrogen-bond acceptors (Lipinski definition) is 7. The third-order valence-electron chi connectivity index (χ3n) is 3.97. The minimum Gasteiger partial charge on any atom is -0.342 e. The number of piperidine rings is 1. The smallest absolute Gasteiger partial charge is 0.208 e. The van der Waals surface area contributed by atoms with Gasteiger partial charge in [0.15, 0.2) is 5.01 Å². The molecule has 3 aliphatic rings. The molecule has 2 bridgehead atoms. The lowest BCUT2D eigenvalue weighted by Gasteiger charge is -2.30. The number of rotatable bonds is 2. The Morgan fingerprint density at radius 3 is 2.79 bits per heavy atom. The maximum Gasteiger partial charge on any atom is 0.208 e. The van der Waals surface area contributed by atoms with Gasteiger partial charge < -0.3 is 9.80 Å². The molecule has 2 aromatic rings. The van der Waals surface area contributed by atoms with Gasteiger partial charge in [0.2, 0.25) is 5.13 Å². The van der Waals surface area contributed by atoms with E-state index in [0.717, 1.165) is 28.9 Å². The molecule has 5 heterocycles. The Balaban J connectivity index is 1.62. The monoisotopic (exact) mass is 293 g/mol. The van der Waals surface area contributed by atoms with Crippen molar-refractivity contribution in [2.45, 2.75) is 18.9 Å². The molecule has 0 N–H and O–H groups in total. The van der Waals surface area contributed by atoms with Crippen molar-refractivity contribution < 1.29 is 0 Å². The van der Waals surface area contributed by atoms with Gasteiger partial charge in [-0.3, -0.25) is 0 Å². The van der Waals surface area contributed by atoms with E-state index in [1.54, 1.807) is 11.3 Å². The molecule has 7 heteroatoms. The molecule has 3 fully saturated rings. The highest BCUT2D eigenvalue weighted by atomic mass is 32.1. The molecule has 5 nitrogen and oxygen atoms in total. The third kappa shape index (κ3) is 2.15. The van der Waals surface area contributed by atoms with E-state index in [2.05, 4.69) is 24.4 Å². The molecule has 0 unspecified atom stereocenters. The topological polar surface area (TPSA) is 45.2 Å². The average molecular weight is 293 g/mol. The van der Waals surface area contributed by atoms with Crippen LogP contribution in [0.25, 0.3) is 10.7 Å². The molecule has 0 amide bonds. The first-order valence-electron chi connectivity index (χ1n) is 6.63. The first kappa shape index (κ1) is 11.7. The Kier molecular flexibility index (Phi) is 2.97. The summed E-state index contributed by atoms with van der Waals surface area (Å²) in [6, 6.07) is 2.66. The van der Waals surface area contributed by atoms with Gasteiger partial charge in [0, 0.05) is 37.6 Å². The Bertz CT molecular complexity index is 544. The average Bonchev–Trinajstić information content (AvgIpc) is 3.05. The molecule has 3 saturated heterocycles. The maximum absolute atomic E-state index is 4.39. The van der Waals surface area contributed by atoms with Gasteiger partial charge in [0.25, 0.3) is 0 Å². The molecule has 5 rings (SSSR count). The summed E-state index contributed by atoms with van der Waals surface area (Å²) in [5.41, 5.74) is 0.955. The van der Waals surface area contributed by atoms with Crippen LogP contribution < -0.4 is 4.90 Å². The zero-order chi connectivity index (χ0) is 12.7. The number of hydrogen-bond donors (Lipinski definition) is 0. The summed E-state index contributed by atoms with van der Waals surface area (Å²) in [5.74, 6) is 0. The van der Waals surface area contributed by atoms with Gasteiger partial charge in [-0.2, -0.15) is 4.37 Å². The molecule has 0 spiro atoms. The molecule has 0 radical (unpaired) electrons. The second-order valence-corrected chi connectivity index (χ2v) is 6.66. The van der Waals surface area contributed by atoms with Crippen LogP contribution in [0.15, 0.2) is 11.4 Å². The number of aromatic nitrogens is 3. The van der Waals surface area contributed by atoms with Gasteiger partial charge in [-0.25, -0.2) is 0 Å². The molecule has 0 aliphatic carbocycles. The van der Waals surface area contributed by atoms with Crippen LogP contribution in [0, 0.1) is 0 Å². The first-order valence-corrected chi connectivity index (χ1v) is 8.29. The van der Waals surface area contributed by atoms with Crippen molar-refractivity contribution in [1.29, 1.82) is 0 Å². The second kappa shape index (κ2) is 4.81.